The molecule has 3 nitrogen and oxygen atoms in total. The van der Waals surface area contributed by atoms with Gasteiger partial charge in [-0.25, -0.2) is 4.98 Å². The van der Waals surface area contributed by atoms with E-state index >= 15 is 0 Å². The highest BCUT2D eigenvalue weighted by Gasteiger charge is 2.20. The Morgan fingerprint density at radius 2 is 1.95 bits per heavy atom. The lowest BCUT2D eigenvalue weighted by atomic mass is 9.81. The molecule has 1 aromatic heterocycles. The first kappa shape index (κ1) is 14.6. The molecule has 0 atom stereocenters. The van der Waals surface area contributed by atoms with E-state index in [2.05, 4.69) is 33.2 Å². The number of nitrogens with zero attached hydrogens (tertiary/aromatic N) is 1. The minimum absolute atomic E-state index is 0.737. The molecule has 3 N–H and O–H groups in total. The van der Waals surface area contributed by atoms with Gasteiger partial charge >= 0.3 is 0 Å². The molecule has 0 spiro atoms. The predicted molar refractivity (Wildman–Crippen MR) is 85.3 cm³/mol. The van der Waals surface area contributed by atoms with Gasteiger partial charge in [0, 0.05) is 6.54 Å². The van der Waals surface area contributed by atoms with Gasteiger partial charge in [0.1, 0.15) is 5.82 Å². The van der Waals surface area contributed by atoms with Crippen LogP contribution in [0.25, 0.3) is 0 Å². The van der Waals surface area contributed by atoms with Crippen molar-refractivity contribution in [3.05, 3.63) is 16.2 Å². The third-order valence-electron chi connectivity index (χ3n) is 4.40. The van der Waals surface area contributed by atoms with Crippen LogP contribution >= 0.6 is 15.9 Å². The molecule has 2 rings (SSSR count). The fourth-order valence-corrected chi connectivity index (χ4v) is 3.27. The summed E-state index contributed by atoms with van der Waals surface area (Å²) in [6.45, 7) is 5.34. The lowest BCUT2D eigenvalue weighted by Crippen LogP contribution is -2.21. The van der Waals surface area contributed by atoms with Crippen molar-refractivity contribution >= 4 is 27.4 Å². The summed E-state index contributed by atoms with van der Waals surface area (Å²) in [5.41, 5.74) is 7.64. The fraction of sp³-hybridized carbons (Fsp3) is 0.667. The second-order valence-corrected chi connectivity index (χ2v) is 6.47. The Labute approximate surface area is 124 Å². The van der Waals surface area contributed by atoms with Crippen molar-refractivity contribution in [1.29, 1.82) is 0 Å². The molecule has 0 bridgehead atoms. The van der Waals surface area contributed by atoms with E-state index in [4.69, 9.17) is 5.73 Å². The predicted octanol–water partition coefficient (Wildman–Crippen LogP) is 4.36. The molecule has 4 heteroatoms. The molecule has 0 aliphatic heterocycles. The van der Waals surface area contributed by atoms with Crippen LogP contribution in [0.1, 0.15) is 44.6 Å². The number of aromatic nitrogens is 1. The first-order valence-electron chi connectivity index (χ1n) is 7.26. The molecule has 0 radical (unpaired) electrons. The number of hydrogen-bond donors (Lipinski definition) is 2. The number of rotatable bonds is 4. The van der Waals surface area contributed by atoms with Gasteiger partial charge in [0.2, 0.25) is 0 Å². The van der Waals surface area contributed by atoms with Crippen LogP contribution in [0.2, 0.25) is 0 Å². The van der Waals surface area contributed by atoms with Crippen LogP contribution in [0.4, 0.5) is 11.5 Å². The van der Waals surface area contributed by atoms with E-state index in [1.165, 1.54) is 32.1 Å². The number of hydrogen-bond acceptors (Lipinski definition) is 3. The SMILES string of the molecule is CCC1CCC(CNc2ncc(N)c(C)c2Br)CC1. The largest absolute Gasteiger partial charge is 0.397 e. The highest BCUT2D eigenvalue weighted by molar-refractivity contribution is 9.10. The maximum atomic E-state index is 5.84. The van der Waals surface area contributed by atoms with Crippen LogP contribution in [-0.2, 0) is 0 Å². The zero-order chi connectivity index (χ0) is 13.8. The van der Waals surface area contributed by atoms with E-state index < -0.39 is 0 Å². The minimum Gasteiger partial charge on any atom is -0.397 e. The van der Waals surface area contributed by atoms with Gasteiger partial charge in [-0.05, 0) is 53.1 Å². The molecule has 0 unspecified atom stereocenters. The van der Waals surface area contributed by atoms with Gasteiger partial charge in [0.25, 0.3) is 0 Å². The lowest BCUT2D eigenvalue weighted by molar-refractivity contribution is 0.278. The summed E-state index contributed by atoms with van der Waals surface area (Å²) in [7, 11) is 0. The Kier molecular flexibility index (Phi) is 5.08. The van der Waals surface area contributed by atoms with Crippen LogP contribution < -0.4 is 11.1 Å². The van der Waals surface area contributed by atoms with E-state index in [1.54, 1.807) is 6.20 Å². The van der Waals surface area contributed by atoms with Crippen molar-refractivity contribution in [3.8, 4) is 0 Å². The molecule has 1 saturated carbocycles. The molecule has 1 fully saturated rings. The molecular weight excluding hydrogens is 302 g/mol. The van der Waals surface area contributed by atoms with Crippen molar-refractivity contribution in [3.63, 3.8) is 0 Å². The fourth-order valence-electron chi connectivity index (χ4n) is 2.80. The molecule has 1 aromatic rings. The maximum absolute atomic E-state index is 5.84. The van der Waals surface area contributed by atoms with Gasteiger partial charge in [-0.1, -0.05) is 26.2 Å². The monoisotopic (exact) mass is 325 g/mol. The van der Waals surface area contributed by atoms with E-state index in [-0.39, 0.29) is 0 Å². The van der Waals surface area contributed by atoms with E-state index in [1.807, 2.05) is 6.92 Å². The average molecular weight is 326 g/mol. The quantitative estimate of drug-likeness (QED) is 0.864. The van der Waals surface area contributed by atoms with E-state index in [9.17, 15) is 0 Å². The van der Waals surface area contributed by atoms with Gasteiger partial charge in [-0.15, -0.1) is 0 Å². The summed E-state index contributed by atoms with van der Waals surface area (Å²) < 4.78 is 0.995. The molecule has 19 heavy (non-hydrogen) atoms. The second-order valence-electron chi connectivity index (χ2n) is 5.68. The Morgan fingerprint density at radius 3 is 2.58 bits per heavy atom. The zero-order valence-electron chi connectivity index (χ0n) is 11.9. The van der Waals surface area contributed by atoms with E-state index in [0.717, 1.165) is 39.9 Å². The third-order valence-corrected chi connectivity index (χ3v) is 5.38. The minimum atomic E-state index is 0.737. The van der Waals surface area contributed by atoms with Crippen molar-refractivity contribution in [2.75, 3.05) is 17.6 Å². The molecule has 0 amide bonds. The molecule has 0 aromatic carbocycles. The van der Waals surface area contributed by atoms with Crippen LogP contribution in [-0.4, -0.2) is 11.5 Å². The Bertz CT molecular complexity index is 426. The van der Waals surface area contributed by atoms with Crippen molar-refractivity contribution in [2.45, 2.75) is 46.0 Å². The smallest absolute Gasteiger partial charge is 0.140 e. The number of nitrogens with one attached hydrogen (secondary N) is 1. The maximum Gasteiger partial charge on any atom is 0.140 e. The van der Waals surface area contributed by atoms with Gasteiger partial charge in [0.05, 0.1) is 16.4 Å². The number of nitrogen functional groups attached to an aromatic ring is 1. The number of anilines is 2. The highest BCUT2D eigenvalue weighted by atomic mass is 79.9. The van der Waals surface area contributed by atoms with Crippen molar-refractivity contribution in [1.82, 2.24) is 4.98 Å². The summed E-state index contributed by atoms with van der Waals surface area (Å²) >= 11 is 3.57. The van der Waals surface area contributed by atoms with Crippen LogP contribution in [0.5, 0.6) is 0 Å². The van der Waals surface area contributed by atoms with Gasteiger partial charge in [-0.2, -0.15) is 0 Å². The number of nitrogens with two attached hydrogens (primary N) is 1. The van der Waals surface area contributed by atoms with Gasteiger partial charge in [0.15, 0.2) is 0 Å². The van der Waals surface area contributed by atoms with E-state index in [0.29, 0.717) is 0 Å². The molecular formula is C15H24BrN3. The molecule has 106 valence electrons. The molecule has 1 aliphatic rings. The lowest BCUT2D eigenvalue weighted by Gasteiger charge is -2.28. The number of halogens is 1. The first-order valence-corrected chi connectivity index (χ1v) is 8.05. The van der Waals surface area contributed by atoms with Crippen LogP contribution in [0.3, 0.4) is 0 Å². The number of pyridine rings is 1. The second kappa shape index (κ2) is 6.60. The molecule has 1 heterocycles. The average Bonchev–Trinajstić information content (AvgIpc) is 2.45. The van der Waals surface area contributed by atoms with Gasteiger partial charge in [-0.3, -0.25) is 0 Å². The standard InChI is InChI=1S/C15H24BrN3/c1-3-11-4-6-12(7-5-11)8-18-15-14(16)10(2)13(17)9-19-15/h9,11-12H,3-8,17H2,1-2H3,(H,18,19). The molecule has 0 saturated heterocycles. The van der Waals surface area contributed by atoms with Crippen LogP contribution in [0.15, 0.2) is 10.7 Å². The highest BCUT2D eigenvalue weighted by Crippen LogP contribution is 2.32. The Balaban J connectivity index is 1.88. The molecule has 1 aliphatic carbocycles. The summed E-state index contributed by atoms with van der Waals surface area (Å²) in [5.74, 6) is 2.67. The topological polar surface area (TPSA) is 50.9 Å². The summed E-state index contributed by atoms with van der Waals surface area (Å²) in [5, 5.41) is 3.47. The Morgan fingerprint density at radius 1 is 1.32 bits per heavy atom. The first-order chi connectivity index (χ1) is 9.11. The summed E-state index contributed by atoms with van der Waals surface area (Å²) in [4.78, 5) is 4.37. The van der Waals surface area contributed by atoms with Crippen molar-refractivity contribution in [2.24, 2.45) is 11.8 Å². The normalized spacial score (nSPS) is 23.3. The van der Waals surface area contributed by atoms with Gasteiger partial charge < -0.3 is 11.1 Å². The summed E-state index contributed by atoms with van der Waals surface area (Å²) in [6.07, 6.45) is 8.53. The van der Waals surface area contributed by atoms with Crippen molar-refractivity contribution < 1.29 is 0 Å². The van der Waals surface area contributed by atoms with Crippen LogP contribution in [0, 0.1) is 18.8 Å². The Hall–Kier alpha value is -0.770. The summed E-state index contributed by atoms with van der Waals surface area (Å²) in [6, 6.07) is 0. The zero-order valence-corrected chi connectivity index (χ0v) is 13.5. The third kappa shape index (κ3) is 3.62.